The minimum Gasteiger partial charge on any atom is -0.206 e. The van der Waals surface area contributed by atoms with E-state index in [9.17, 15) is 8.42 Å². The molecule has 0 amide bonds. The summed E-state index contributed by atoms with van der Waals surface area (Å²) >= 11 is 1.31. The highest BCUT2D eigenvalue weighted by atomic mass is 32.2. The first-order valence-electron chi connectivity index (χ1n) is 5.58. The molecule has 1 unspecified atom stereocenters. The average Bonchev–Trinajstić information content (AvgIpc) is 2.77. The zero-order valence-corrected chi connectivity index (χ0v) is 11.7. The number of hydrogen-bond donors (Lipinski definition) is 1. The van der Waals surface area contributed by atoms with Crippen LogP contribution in [0.5, 0.6) is 0 Å². The van der Waals surface area contributed by atoms with E-state index < -0.39 is 10.0 Å². The molecule has 3 nitrogen and oxygen atoms in total. The number of aryl methyl sites for hydroxylation is 1. The summed E-state index contributed by atoms with van der Waals surface area (Å²) < 4.78 is 27.1. The summed E-state index contributed by atoms with van der Waals surface area (Å²) in [5, 5.41) is 0. The standard InChI is InChI=1S/C12H17NO2S2/c1-4-7-10(5-2)13-17(14,15)12-9-8-11(6-3)16-12/h1,8-10,13H,5-7H2,2-3H3. The zero-order chi connectivity index (χ0) is 12.9. The highest BCUT2D eigenvalue weighted by molar-refractivity contribution is 7.91. The van der Waals surface area contributed by atoms with Crippen LogP contribution in [0, 0.1) is 12.3 Å². The van der Waals surface area contributed by atoms with Crippen molar-refractivity contribution in [3.8, 4) is 12.3 Å². The van der Waals surface area contributed by atoms with E-state index >= 15 is 0 Å². The molecule has 0 spiro atoms. The maximum atomic E-state index is 12.0. The van der Waals surface area contributed by atoms with Crippen LogP contribution in [0.1, 0.15) is 31.6 Å². The van der Waals surface area contributed by atoms with Gasteiger partial charge in [-0.2, -0.15) is 0 Å². The predicted molar refractivity (Wildman–Crippen MR) is 71.5 cm³/mol. The molecule has 0 fully saturated rings. The number of thiophene rings is 1. The zero-order valence-electron chi connectivity index (χ0n) is 10.1. The van der Waals surface area contributed by atoms with Crippen LogP contribution in [-0.2, 0) is 16.4 Å². The van der Waals surface area contributed by atoms with Gasteiger partial charge in [-0.1, -0.05) is 13.8 Å². The minimum absolute atomic E-state index is 0.183. The Labute approximate surface area is 107 Å². The van der Waals surface area contributed by atoms with Crippen molar-refractivity contribution in [2.24, 2.45) is 0 Å². The highest BCUT2D eigenvalue weighted by Gasteiger charge is 2.20. The summed E-state index contributed by atoms with van der Waals surface area (Å²) in [5.74, 6) is 2.49. The van der Waals surface area contributed by atoms with Crippen LogP contribution < -0.4 is 4.72 Å². The van der Waals surface area contributed by atoms with Gasteiger partial charge in [-0.05, 0) is 25.0 Å². The van der Waals surface area contributed by atoms with Crippen molar-refractivity contribution in [1.82, 2.24) is 4.72 Å². The van der Waals surface area contributed by atoms with Crippen LogP contribution in [0.4, 0.5) is 0 Å². The Hall–Kier alpha value is -0.830. The van der Waals surface area contributed by atoms with Gasteiger partial charge in [0.15, 0.2) is 0 Å². The normalized spacial score (nSPS) is 13.2. The Balaban J connectivity index is 2.84. The Morgan fingerprint density at radius 2 is 2.18 bits per heavy atom. The lowest BCUT2D eigenvalue weighted by Gasteiger charge is -2.13. The maximum Gasteiger partial charge on any atom is 0.250 e. The summed E-state index contributed by atoms with van der Waals surface area (Å²) in [4.78, 5) is 1.07. The Kier molecular flexibility index (Phi) is 5.19. The number of rotatable bonds is 6. The fraction of sp³-hybridized carbons (Fsp3) is 0.500. The van der Waals surface area contributed by atoms with Gasteiger partial charge in [0.25, 0.3) is 0 Å². The summed E-state index contributed by atoms with van der Waals surface area (Å²) in [7, 11) is -3.41. The lowest BCUT2D eigenvalue weighted by molar-refractivity contribution is 0.546. The van der Waals surface area contributed by atoms with Gasteiger partial charge < -0.3 is 0 Å². The van der Waals surface area contributed by atoms with Gasteiger partial charge in [-0.25, -0.2) is 13.1 Å². The van der Waals surface area contributed by atoms with Gasteiger partial charge in [0.05, 0.1) is 0 Å². The van der Waals surface area contributed by atoms with Gasteiger partial charge in [-0.15, -0.1) is 23.7 Å². The molecule has 17 heavy (non-hydrogen) atoms. The van der Waals surface area contributed by atoms with E-state index in [1.165, 1.54) is 11.3 Å². The van der Waals surface area contributed by atoms with Crippen molar-refractivity contribution in [2.45, 2.75) is 43.4 Å². The monoisotopic (exact) mass is 271 g/mol. The lowest BCUT2D eigenvalue weighted by Crippen LogP contribution is -2.33. The first-order chi connectivity index (χ1) is 8.03. The van der Waals surface area contributed by atoms with Gasteiger partial charge in [-0.3, -0.25) is 0 Å². The number of sulfonamides is 1. The largest absolute Gasteiger partial charge is 0.250 e. The maximum absolute atomic E-state index is 12.0. The van der Waals surface area contributed by atoms with Crippen LogP contribution >= 0.6 is 11.3 Å². The van der Waals surface area contributed by atoms with Crippen LogP contribution in [-0.4, -0.2) is 14.5 Å². The summed E-state index contributed by atoms with van der Waals surface area (Å²) in [6.07, 6.45) is 7.16. The second kappa shape index (κ2) is 6.20. The van der Waals surface area contributed by atoms with Crippen molar-refractivity contribution in [2.75, 3.05) is 0 Å². The number of nitrogens with one attached hydrogen (secondary N) is 1. The molecule has 1 atom stereocenters. The molecule has 1 N–H and O–H groups in total. The summed E-state index contributed by atoms with van der Waals surface area (Å²) in [6, 6.07) is 3.31. The summed E-state index contributed by atoms with van der Waals surface area (Å²) in [6.45, 7) is 3.92. The van der Waals surface area contributed by atoms with Crippen molar-refractivity contribution < 1.29 is 8.42 Å². The molecule has 0 radical (unpaired) electrons. The summed E-state index contributed by atoms with van der Waals surface area (Å²) in [5.41, 5.74) is 0. The third-order valence-electron chi connectivity index (χ3n) is 2.43. The Morgan fingerprint density at radius 3 is 2.65 bits per heavy atom. The topological polar surface area (TPSA) is 46.2 Å². The first kappa shape index (κ1) is 14.2. The van der Waals surface area contributed by atoms with Gasteiger partial charge in [0.1, 0.15) is 4.21 Å². The van der Waals surface area contributed by atoms with Crippen LogP contribution in [0.15, 0.2) is 16.3 Å². The quantitative estimate of drug-likeness (QED) is 0.808. The minimum atomic E-state index is -3.41. The third kappa shape index (κ3) is 3.84. The van der Waals surface area contributed by atoms with E-state index in [2.05, 4.69) is 10.6 Å². The smallest absolute Gasteiger partial charge is 0.206 e. The lowest BCUT2D eigenvalue weighted by atomic mass is 10.2. The van der Waals surface area contributed by atoms with E-state index in [0.717, 1.165) is 11.3 Å². The van der Waals surface area contributed by atoms with Gasteiger partial charge in [0.2, 0.25) is 10.0 Å². The van der Waals surface area contributed by atoms with Crippen molar-refractivity contribution >= 4 is 21.4 Å². The Morgan fingerprint density at radius 1 is 1.47 bits per heavy atom. The molecular weight excluding hydrogens is 254 g/mol. The van der Waals surface area contributed by atoms with E-state index in [1.807, 2.05) is 19.9 Å². The third-order valence-corrected chi connectivity index (χ3v) is 5.67. The molecule has 0 saturated heterocycles. The van der Waals surface area contributed by atoms with E-state index in [1.54, 1.807) is 6.07 Å². The average molecular weight is 271 g/mol. The second-order valence-corrected chi connectivity index (χ2v) is 6.82. The van der Waals surface area contributed by atoms with Gasteiger partial charge >= 0.3 is 0 Å². The molecule has 1 heterocycles. The fourth-order valence-corrected chi connectivity index (χ4v) is 4.01. The number of hydrogen-bond acceptors (Lipinski definition) is 3. The van der Waals surface area contributed by atoms with Crippen molar-refractivity contribution in [3.05, 3.63) is 17.0 Å². The Bertz CT molecular complexity index is 497. The molecule has 94 valence electrons. The first-order valence-corrected chi connectivity index (χ1v) is 7.88. The molecule has 0 bridgehead atoms. The van der Waals surface area contributed by atoms with Crippen LogP contribution in [0.25, 0.3) is 0 Å². The van der Waals surface area contributed by atoms with Crippen molar-refractivity contribution in [1.29, 1.82) is 0 Å². The molecule has 1 aromatic rings. The van der Waals surface area contributed by atoms with E-state index in [4.69, 9.17) is 6.42 Å². The number of terminal acetylenes is 1. The molecular formula is C12H17NO2S2. The fourth-order valence-electron chi connectivity index (χ4n) is 1.38. The molecule has 5 heteroatoms. The molecule has 1 rings (SSSR count). The van der Waals surface area contributed by atoms with Gasteiger partial charge in [0, 0.05) is 17.3 Å². The molecule has 0 aliphatic rings. The predicted octanol–water partition coefficient (Wildman–Crippen LogP) is 2.39. The van der Waals surface area contributed by atoms with E-state index in [0.29, 0.717) is 17.1 Å². The molecule has 0 aliphatic carbocycles. The molecule has 0 aromatic carbocycles. The van der Waals surface area contributed by atoms with E-state index in [-0.39, 0.29) is 6.04 Å². The van der Waals surface area contributed by atoms with Crippen molar-refractivity contribution in [3.63, 3.8) is 0 Å². The van der Waals surface area contributed by atoms with Crippen LogP contribution in [0.3, 0.4) is 0 Å². The van der Waals surface area contributed by atoms with Crippen LogP contribution in [0.2, 0.25) is 0 Å². The molecule has 0 saturated carbocycles. The SMILES string of the molecule is C#CCC(CC)NS(=O)(=O)c1ccc(CC)s1. The highest BCUT2D eigenvalue weighted by Crippen LogP contribution is 2.22. The molecule has 0 aliphatic heterocycles. The molecule has 1 aromatic heterocycles. The second-order valence-electron chi connectivity index (χ2n) is 3.71.